The SMILES string of the molecule is COC(=O)[C@@H](CC(C)C)NC(=O)COC(=O)c1ccc(OC)c(OC)c1OC. The van der Waals surface area contributed by atoms with Crippen LogP contribution >= 0.6 is 0 Å². The summed E-state index contributed by atoms with van der Waals surface area (Å²) >= 11 is 0. The Hall–Kier alpha value is -2.97. The Morgan fingerprint density at radius 3 is 2.11 bits per heavy atom. The van der Waals surface area contributed by atoms with Gasteiger partial charge < -0.3 is 29.0 Å². The van der Waals surface area contributed by atoms with Gasteiger partial charge in [-0.3, -0.25) is 4.79 Å². The van der Waals surface area contributed by atoms with Gasteiger partial charge in [-0.1, -0.05) is 13.8 Å². The van der Waals surface area contributed by atoms with Crippen molar-refractivity contribution in [3.63, 3.8) is 0 Å². The molecule has 0 radical (unpaired) electrons. The van der Waals surface area contributed by atoms with E-state index in [0.717, 1.165) is 0 Å². The van der Waals surface area contributed by atoms with E-state index in [9.17, 15) is 14.4 Å². The second kappa shape index (κ2) is 11.0. The molecule has 0 saturated carbocycles. The van der Waals surface area contributed by atoms with E-state index in [0.29, 0.717) is 12.2 Å². The van der Waals surface area contributed by atoms with Gasteiger partial charge in [-0.25, -0.2) is 9.59 Å². The molecule has 0 saturated heterocycles. The molecule has 1 atom stereocenters. The van der Waals surface area contributed by atoms with Crippen LogP contribution in [0.2, 0.25) is 0 Å². The quantitative estimate of drug-likeness (QED) is 0.593. The molecule has 0 bridgehead atoms. The number of hydrogen-bond acceptors (Lipinski definition) is 8. The zero-order chi connectivity index (χ0) is 21.3. The van der Waals surface area contributed by atoms with Crippen molar-refractivity contribution in [1.29, 1.82) is 0 Å². The van der Waals surface area contributed by atoms with Gasteiger partial charge in [0, 0.05) is 0 Å². The maximum absolute atomic E-state index is 12.4. The van der Waals surface area contributed by atoms with Gasteiger partial charge in [0.2, 0.25) is 5.75 Å². The fourth-order valence-corrected chi connectivity index (χ4v) is 2.53. The molecule has 9 nitrogen and oxygen atoms in total. The summed E-state index contributed by atoms with van der Waals surface area (Å²) in [5.74, 6) is -1.08. The largest absolute Gasteiger partial charge is 0.493 e. The molecule has 0 aliphatic heterocycles. The zero-order valence-electron chi connectivity index (χ0n) is 17.0. The number of methoxy groups -OCH3 is 4. The minimum Gasteiger partial charge on any atom is -0.493 e. The van der Waals surface area contributed by atoms with E-state index in [4.69, 9.17) is 18.9 Å². The Labute approximate surface area is 164 Å². The van der Waals surface area contributed by atoms with Gasteiger partial charge in [0.05, 0.1) is 28.4 Å². The second-order valence-electron chi connectivity index (χ2n) is 6.23. The summed E-state index contributed by atoms with van der Waals surface area (Å²) in [6.07, 6.45) is 0.399. The molecule has 0 aliphatic carbocycles. The van der Waals surface area contributed by atoms with Crippen molar-refractivity contribution in [3.8, 4) is 17.2 Å². The smallest absolute Gasteiger partial charge is 0.342 e. The van der Waals surface area contributed by atoms with E-state index in [1.54, 1.807) is 0 Å². The fraction of sp³-hybridized carbons (Fsp3) is 0.526. The first-order valence-corrected chi connectivity index (χ1v) is 8.62. The minimum absolute atomic E-state index is 0.0691. The molecule has 0 aliphatic rings. The Bertz CT molecular complexity index is 701. The number of carbonyl (C=O) groups excluding carboxylic acids is 3. The molecule has 1 aromatic carbocycles. The first-order valence-electron chi connectivity index (χ1n) is 8.62. The van der Waals surface area contributed by atoms with Gasteiger partial charge in [-0.05, 0) is 24.5 Å². The maximum atomic E-state index is 12.4. The highest BCUT2D eigenvalue weighted by molar-refractivity contribution is 5.95. The van der Waals surface area contributed by atoms with Crippen LogP contribution < -0.4 is 19.5 Å². The summed E-state index contributed by atoms with van der Waals surface area (Å²) in [7, 11) is 5.47. The Morgan fingerprint density at radius 2 is 1.61 bits per heavy atom. The lowest BCUT2D eigenvalue weighted by atomic mass is 10.0. The van der Waals surface area contributed by atoms with E-state index in [1.807, 2.05) is 13.8 Å². The van der Waals surface area contributed by atoms with Crippen molar-refractivity contribution < 1.29 is 38.1 Å². The molecule has 156 valence electrons. The number of rotatable bonds is 10. The second-order valence-corrected chi connectivity index (χ2v) is 6.23. The van der Waals surface area contributed by atoms with Crippen LogP contribution in [0.3, 0.4) is 0 Å². The van der Waals surface area contributed by atoms with Crippen LogP contribution in [-0.2, 0) is 19.1 Å². The number of ether oxygens (including phenoxy) is 5. The lowest BCUT2D eigenvalue weighted by Gasteiger charge is -2.18. The summed E-state index contributed by atoms with van der Waals surface area (Å²) in [5.41, 5.74) is 0.0691. The van der Waals surface area contributed by atoms with Crippen LogP contribution in [0.1, 0.15) is 30.6 Å². The van der Waals surface area contributed by atoms with Crippen molar-refractivity contribution in [1.82, 2.24) is 5.32 Å². The Kier molecular flexibility index (Phi) is 9.07. The highest BCUT2D eigenvalue weighted by atomic mass is 16.5. The fourth-order valence-electron chi connectivity index (χ4n) is 2.53. The number of nitrogens with one attached hydrogen (secondary N) is 1. The standard InChI is InChI=1S/C19H27NO8/c1-11(2)9-13(19(23)27-6)20-15(21)10-28-18(22)12-7-8-14(24-3)17(26-5)16(12)25-4/h7-8,11,13H,9-10H2,1-6H3,(H,20,21)/t13-/m1/s1. The lowest BCUT2D eigenvalue weighted by Crippen LogP contribution is -2.44. The van der Waals surface area contributed by atoms with Crippen molar-refractivity contribution in [2.75, 3.05) is 35.0 Å². The van der Waals surface area contributed by atoms with Gasteiger partial charge in [-0.15, -0.1) is 0 Å². The summed E-state index contributed by atoms with van der Waals surface area (Å²) < 4.78 is 25.3. The molecule has 1 N–H and O–H groups in total. The van der Waals surface area contributed by atoms with Gasteiger partial charge in [0.1, 0.15) is 11.6 Å². The number of hydrogen-bond donors (Lipinski definition) is 1. The normalized spacial score (nSPS) is 11.4. The third kappa shape index (κ3) is 6.04. The number of esters is 2. The zero-order valence-corrected chi connectivity index (χ0v) is 17.0. The predicted octanol–water partition coefficient (Wildman–Crippen LogP) is 1.57. The van der Waals surface area contributed by atoms with Crippen LogP contribution in [0.5, 0.6) is 17.2 Å². The van der Waals surface area contributed by atoms with E-state index in [1.165, 1.54) is 40.6 Å². The van der Waals surface area contributed by atoms with E-state index in [-0.39, 0.29) is 23.0 Å². The molecule has 1 rings (SSSR count). The van der Waals surface area contributed by atoms with E-state index < -0.39 is 30.5 Å². The predicted molar refractivity (Wildman–Crippen MR) is 99.8 cm³/mol. The Morgan fingerprint density at radius 1 is 0.964 bits per heavy atom. The molecule has 1 amide bonds. The molecular formula is C19H27NO8. The number of benzene rings is 1. The highest BCUT2D eigenvalue weighted by Gasteiger charge is 2.25. The van der Waals surface area contributed by atoms with Gasteiger partial charge in [0.25, 0.3) is 5.91 Å². The third-order valence-corrected chi connectivity index (χ3v) is 3.79. The van der Waals surface area contributed by atoms with Crippen molar-refractivity contribution in [3.05, 3.63) is 17.7 Å². The topological polar surface area (TPSA) is 109 Å². The van der Waals surface area contributed by atoms with Crippen molar-refractivity contribution in [2.45, 2.75) is 26.3 Å². The van der Waals surface area contributed by atoms with E-state index >= 15 is 0 Å². The molecule has 0 aromatic heterocycles. The summed E-state index contributed by atoms with van der Waals surface area (Å²) in [4.78, 5) is 36.2. The molecule has 9 heteroatoms. The molecule has 0 heterocycles. The van der Waals surface area contributed by atoms with Crippen molar-refractivity contribution >= 4 is 17.8 Å². The number of amides is 1. The van der Waals surface area contributed by atoms with Crippen LogP contribution in [-0.4, -0.2) is 58.9 Å². The number of carbonyl (C=O) groups is 3. The van der Waals surface area contributed by atoms with Crippen LogP contribution in [0.15, 0.2) is 12.1 Å². The Balaban J connectivity index is 2.83. The van der Waals surface area contributed by atoms with Gasteiger partial charge in [-0.2, -0.15) is 0 Å². The van der Waals surface area contributed by atoms with Crippen LogP contribution in [0, 0.1) is 5.92 Å². The first-order chi connectivity index (χ1) is 13.3. The monoisotopic (exact) mass is 397 g/mol. The lowest BCUT2D eigenvalue weighted by molar-refractivity contribution is -0.145. The molecule has 0 unspecified atom stereocenters. The van der Waals surface area contributed by atoms with Gasteiger partial charge in [0.15, 0.2) is 18.1 Å². The van der Waals surface area contributed by atoms with Crippen molar-refractivity contribution in [2.24, 2.45) is 5.92 Å². The average Bonchev–Trinajstić information content (AvgIpc) is 2.68. The highest BCUT2D eigenvalue weighted by Crippen LogP contribution is 2.39. The third-order valence-electron chi connectivity index (χ3n) is 3.79. The molecule has 0 fully saturated rings. The maximum Gasteiger partial charge on any atom is 0.342 e. The molecule has 28 heavy (non-hydrogen) atoms. The molecule has 0 spiro atoms. The summed E-state index contributed by atoms with van der Waals surface area (Å²) in [5, 5.41) is 2.51. The van der Waals surface area contributed by atoms with Gasteiger partial charge >= 0.3 is 11.9 Å². The van der Waals surface area contributed by atoms with Crippen LogP contribution in [0.4, 0.5) is 0 Å². The van der Waals surface area contributed by atoms with Crippen LogP contribution in [0.25, 0.3) is 0 Å². The first kappa shape index (κ1) is 23.1. The molecular weight excluding hydrogens is 370 g/mol. The van der Waals surface area contributed by atoms with E-state index in [2.05, 4.69) is 10.1 Å². The minimum atomic E-state index is -0.813. The average molecular weight is 397 g/mol. The molecule has 1 aromatic rings. The summed E-state index contributed by atoms with van der Waals surface area (Å²) in [6.45, 7) is 3.25. The summed E-state index contributed by atoms with van der Waals surface area (Å²) in [6, 6.07) is 2.15.